The molecule has 0 radical (unpaired) electrons. The van der Waals surface area contributed by atoms with E-state index in [1.165, 1.54) is 7.11 Å². The van der Waals surface area contributed by atoms with Gasteiger partial charge in [-0.2, -0.15) is 0 Å². The van der Waals surface area contributed by atoms with Crippen molar-refractivity contribution in [3.05, 3.63) is 0 Å². The standard InChI is InChI=1S/C4H7ClO2.C2H4O2/c1-3(2)7-4(5)6;1-4-2-3/h3H,1-2H3;2H,1H3. The second-order valence-electron chi connectivity index (χ2n) is 1.74. The lowest BCUT2D eigenvalue weighted by Gasteiger charge is -2.00. The Bertz CT molecular complexity index is 113. The number of rotatable bonds is 2. The fraction of sp³-hybridized carbons (Fsp3) is 0.667. The van der Waals surface area contributed by atoms with E-state index in [-0.39, 0.29) is 6.10 Å². The van der Waals surface area contributed by atoms with E-state index in [1.54, 1.807) is 13.8 Å². The quantitative estimate of drug-likeness (QED) is 0.481. The summed E-state index contributed by atoms with van der Waals surface area (Å²) < 4.78 is 8.24. The molecular formula is C6H11ClO4. The molecule has 0 N–H and O–H groups in total. The molecule has 0 bridgehead atoms. The van der Waals surface area contributed by atoms with E-state index >= 15 is 0 Å². The van der Waals surface area contributed by atoms with Gasteiger partial charge in [0.25, 0.3) is 6.47 Å². The van der Waals surface area contributed by atoms with E-state index in [1.807, 2.05) is 0 Å². The predicted octanol–water partition coefficient (Wildman–Crippen LogP) is 1.56. The highest BCUT2D eigenvalue weighted by atomic mass is 35.5. The fourth-order valence-corrected chi connectivity index (χ4v) is 0.363. The summed E-state index contributed by atoms with van der Waals surface area (Å²) in [6, 6.07) is 0. The highest BCUT2D eigenvalue weighted by molar-refractivity contribution is 6.61. The zero-order valence-electron chi connectivity index (χ0n) is 6.67. The monoisotopic (exact) mass is 182 g/mol. The van der Waals surface area contributed by atoms with E-state index in [0.29, 0.717) is 6.47 Å². The Kier molecular flexibility index (Phi) is 10.8. The molecule has 0 fully saturated rings. The van der Waals surface area contributed by atoms with Crippen molar-refractivity contribution < 1.29 is 19.1 Å². The molecule has 0 aromatic carbocycles. The third-order valence-corrected chi connectivity index (χ3v) is 0.514. The van der Waals surface area contributed by atoms with Crippen molar-refractivity contribution in [2.45, 2.75) is 20.0 Å². The molecule has 0 aliphatic carbocycles. The maximum Gasteiger partial charge on any atom is 0.404 e. The van der Waals surface area contributed by atoms with Crippen LogP contribution in [0.5, 0.6) is 0 Å². The lowest BCUT2D eigenvalue weighted by molar-refractivity contribution is -0.126. The van der Waals surface area contributed by atoms with Crippen molar-refractivity contribution in [1.82, 2.24) is 0 Å². The molecule has 5 heteroatoms. The maximum absolute atomic E-state index is 9.80. The Morgan fingerprint density at radius 2 is 1.91 bits per heavy atom. The number of methoxy groups -OCH3 is 1. The number of carbonyl (C=O) groups is 2. The van der Waals surface area contributed by atoms with Gasteiger partial charge in [0.2, 0.25) is 0 Å². The fourth-order valence-electron chi connectivity index (χ4n) is 0.185. The van der Waals surface area contributed by atoms with Gasteiger partial charge in [-0.1, -0.05) is 0 Å². The second-order valence-corrected chi connectivity index (χ2v) is 2.04. The van der Waals surface area contributed by atoms with Crippen molar-refractivity contribution >= 4 is 23.5 Å². The van der Waals surface area contributed by atoms with Gasteiger partial charge in [-0.15, -0.1) is 0 Å². The summed E-state index contributed by atoms with van der Waals surface area (Å²) in [6.07, 6.45) is -0.106. The topological polar surface area (TPSA) is 52.6 Å². The lowest BCUT2D eigenvalue weighted by atomic mass is 10.5. The van der Waals surface area contributed by atoms with Crippen LogP contribution in [-0.4, -0.2) is 25.1 Å². The van der Waals surface area contributed by atoms with Gasteiger partial charge in [0.15, 0.2) is 0 Å². The molecule has 0 amide bonds. The van der Waals surface area contributed by atoms with Gasteiger partial charge in [0.05, 0.1) is 13.2 Å². The van der Waals surface area contributed by atoms with E-state index in [9.17, 15) is 4.79 Å². The Balaban J connectivity index is 0. The average molecular weight is 183 g/mol. The smallest absolute Gasteiger partial charge is 0.404 e. The summed E-state index contributed by atoms with van der Waals surface area (Å²) in [6.45, 7) is 3.85. The van der Waals surface area contributed by atoms with Crippen LogP contribution in [0.1, 0.15) is 13.8 Å². The van der Waals surface area contributed by atoms with Crippen molar-refractivity contribution in [3.8, 4) is 0 Å². The van der Waals surface area contributed by atoms with Crippen LogP contribution in [0.2, 0.25) is 0 Å². The van der Waals surface area contributed by atoms with Crippen LogP contribution in [0.15, 0.2) is 0 Å². The molecule has 4 nitrogen and oxygen atoms in total. The molecule has 0 rings (SSSR count). The second kappa shape index (κ2) is 9.23. The van der Waals surface area contributed by atoms with Crippen LogP contribution in [0, 0.1) is 0 Å². The van der Waals surface area contributed by atoms with Gasteiger partial charge < -0.3 is 9.47 Å². The zero-order chi connectivity index (χ0) is 9.28. The molecule has 0 aromatic rings. The molecule has 0 spiro atoms. The van der Waals surface area contributed by atoms with Crippen molar-refractivity contribution in [1.29, 1.82) is 0 Å². The number of ether oxygens (including phenoxy) is 2. The summed E-state index contributed by atoms with van der Waals surface area (Å²) in [5, 5.41) is 0. The van der Waals surface area contributed by atoms with Crippen LogP contribution < -0.4 is 0 Å². The first kappa shape index (κ1) is 12.9. The molecule has 0 aliphatic rings. The SMILES string of the molecule is CC(C)OC(=O)Cl.COC=O. The van der Waals surface area contributed by atoms with Gasteiger partial charge in [-0.25, -0.2) is 4.79 Å². The molecule has 0 heterocycles. The summed E-state index contributed by atoms with van der Waals surface area (Å²) in [4.78, 5) is 18.7. The van der Waals surface area contributed by atoms with E-state index in [0.717, 1.165) is 0 Å². The first-order valence-electron chi connectivity index (χ1n) is 2.87. The van der Waals surface area contributed by atoms with Crippen molar-refractivity contribution in [2.24, 2.45) is 0 Å². The minimum atomic E-state index is -0.741. The van der Waals surface area contributed by atoms with Crippen molar-refractivity contribution in [3.63, 3.8) is 0 Å². The van der Waals surface area contributed by atoms with E-state index in [2.05, 4.69) is 9.47 Å². The average Bonchev–Trinajstić information content (AvgIpc) is 1.85. The van der Waals surface area contributed by atoms with Crippen LogP contribution >= 0.6 is 11.6 Å². The Morgan fingerprint density at radius 1 is 1.55 bits per heavy atom. The molecular weight excluding hydrogens is 172 g/mol. The van der Waals surface area contributed by atoms with Gasteiger partial charge in [0, 0.05) is 11.6 Å². The predicted molar refractivity (Wildman–Crippen MR) is 40.5 cm³/mol. The Hall–Kier alpha value is -0.770. The van der Waals surface area contributed by atoms with Crippen LogP contribution in [0.3, 0.4) is 0 Å². The number of carbonyl (C=O) groups excluding carboxylic acids is 2. The number of hydrogen-bond acceptors (Lipinski definition) is 4. The molecule has 0 atom stereocenters. The third kappa shape index (κ3) is 27.0. The molecule has 0 aromatic heterocycles. The van der Waals surface area contributed by atoms with Crippen LogP contribution in [0.25, 0.3) is 0 Å². The van der Waals surface area contributed by atoms with Gasteiger partial charge in [-0.05, 0) is 13.8 Å². The van der Waals surface area contributed by atoms with Crippen LogP contribution in [0.4, 0.5) is 4.79 Å². The summed E-state index contributed by atoms with van der Waals surface area (Å²) in [7, 11) is 1.31. The Labute approximate surface area is 70.4 Å². The first-order valence-corrected chi connectivity index (χ1v) is 3.25. The number of hydrogen-bond donors (Lipinski definition) is 0. The molecule has 0 unspecified atom stereocenters. The third-order valence-electron chi connectivity index (χ3n) is 0.425. The number of halogens is 1. The van der Waals surface area contributed by atoms with Gasteiger partial charge in [0.1, 0.15) is 0 Å². The van der Waals surface area contributed by atoms with Crippen LogP contribution in [-0.2, 0) is 14.3 Å². The lowest BCUT2D eigenvalue weighted by Crippen LogP contribution is -2.03. The molecule has 0 saturated heterocycles. The largest absolute Gasteiger partial charge is 0.471 e. The van der Waals surface area contributed by atoms with Gasteiger partial charge >= 0.3 is 5.43 Å². The maximum atomic E-state index is 9.80. The normalized spacial score (nSPS) is 7.73. The highest BCUT2D eigenvalue weighted by Gasteiger charge is 1.96. The summed E-state index contributed by atoms with van der Waals surface area (Å²) >= 11 is 4.81. The Morgan fingerprint density at radius 3 is 1.91 bits per heavy atom. The summed E-state index contributed by atoms with van der Waals surface area (Å²) in [5.74, 6) is 0. The van der Waals surface area contributed by atoms with Crippen molar-refractivity contribution in [2.75, 3.05) is 7.11 Å². The van der Waals surface area contributed by atoms with E-state index < -0.39 is 5.43 Å². The molecule has 66 valence electrons. The molecule has 0 saturated carbocycles. The minimum Gasteiger partial charge on any atom is -0.471 e. The van der Waals surface area contributed by atoms with E-state index in [4.69, 9.17) is 16.4 Å². The molecule has 0 aliphatic heterocycles. The highest BCUT2D eigenvalue weighted by Crippen LogP contribution is 1.92. The zero-order valence-corrected chi connectivity index (χ0v) is 7.42. The minimum absolute atomic E-state index is 0.106. The molecule has 11 heavy (non-hydrogen) atoms. The summed E-state index contributed by atoms with van der Waals surface area (Å²) in [5.41, 5.74) is -0.741. The van der Waals surface area contributed by atoms with Gasteiger partial charge in [-0.3, -0.25) is 4.79 Å². The first-order chi connectivity index (χ1) is 5.04.